The highest BCUT2D eigenvalue weighted by Gasteiger charge is 2.11. The van der Waals surface area contributed by atoms with E-state index in [1.807, 2.05) is 31.2 Å². The maximum atomic E-state index is 12.1. The van der Waals surface area contributed by atoms with Gasteiger partial charge in [0.05, 0.1) is 17.0 Å². The molecular weight excluding hydrogens is 336 g/mol. The summed E-state index contributed by atoms with van der Waals surface area (Å²) in [7, 11) is -3.42. The number of benzene rings is 2. The number of anilines is 1. The summed E-state index contributed by atoms with van der Waals surface area (Å²) < 4.78 is 24.7. The first kappa shape index (κ1) is 17.3. The minimum absolute atomic E-state index is 0.165. The minimum Gasteiger partial charge on any atom is -0.348 e. The third kappa shape index (κ3) is 5.26. The summed E-state index contributed by atoms with van der Waals surface area (Å²) in [6.45, 7) is 2.39. The lowest BCUT2D eigenvalue weighted by atomic mass is 10.1. The molecule has 0 fully saturated rings. The molecule has 0 spiro atoms. The Morgan fingerprint density at radius 1 is 1.17 bits per heavy atom. The van der Waals surface area contributed by atoms with Crippen LogP contribution in [0.15, 0.2) is 42.5 Å². The van der Waals surface area contributed by atoms with E-state index in [9.17, 15) is 13.2 Å². The van der Waals surface area contributed by atoms with Gasteiger partial charge in [0.1, 0.15) is 0 Å². The molecule has 23 heavy (non-hydrogen) atoms. The van der Waals surface area contributed by atoms with Gasteiger partial charge in [0, 0.05) is 12.1 Å². The van der Waals surface area contributed by atoms with Gasteiger partial charge < -0.3 is 5.32 Å². The fourth-order valence-corrected chi connectivity index (χ4v) is 2.91. The molecule has 0 aromatic heterocycles. The number of nitrogens with one attached hydrogen (secondary N) is 2. The van der Waals surface area contributed by atoms with Gasteiger partial charge in [-0.3, -0.25) is 9.52 Å². The number of carbonyl (C=O) groups excluding carboxylic acids is 1. The van der Waals surface area contributed by atoms with Crippen molar-refractivity contribution in [3.63, 3.8) is 0 Å². The van der Waals surface area contributed by atoms with Crippen LogP contribution in [0.3, 0.4) is 0 Å². The van der Waals surface area contributed by atoms with Crippen molar-refractivity contribution in [1.29, 1.82) is 0 Å². The first-order chi connectivity index (χ1) is 10.7. The van der Waals surface area contributed by atoms with Crippen LogP contribution in [0.25, 0.3) is 0 Å². The quantitative estimate of drug-likeness (QED) is 0.868. The van der Waals surface area contributed by atoms with Gasteiger partial charge in [0.25, 0.3) is 5.91 Å². The van der Waals surface area contributed by atoms with Gasteiger partial charge in [-0.1, -0.05) is 41.4 Å². The first-order valence-corrected chi connectivity index (χ1v) is 9.12. The number of rotatable bonds is 5. The number of amides is 1. The molecule has 5 nitrogen and oxygen atoms in total. The molecule has 0 atom stereocenters. The van der Waals surface area contributed by atoms with Gasteiger partial charge in [-0.05, 0) is 30.7 Å². The number of carbonyl (C=O) groups is 1. The highest BCUT2D eigenvalue weighted by atomic mass is 35.5. The SMILES string of the molecule is Cc1cccc(CNC(=O)c2ccc(NS(C)(=O)=O)c(Cl)c2)c1. The molecule has 1 amide bonds. The molecule has 0 bridgehead atoms. The molecule has 2 rings (SSSR count). The van der Waals surface area contributed by atoms with E-state index in [2.05, 4.69) is 10.0 Å². The Labute approximate surface area is 140 Å². The van der Waals surface area contributed by atoms with Crippen LogP contribution in [0, 0.1) is 6.92 Å². The second-order valence-corrected chi connectivity index (χ2v) is 7.40. The maximum Gasteiger partial charge on any atom is 0.251 e. The van der Waals surface area contributed by atoms with E-state index in [0.29, 0.717) is 12.1 Å². The lowest BCUT2D eigenvalue weighted by Crippen LogP contribution is -2.22. The fourth-order valence-electron chi connectivity index (χ4n) is 2.05. The molecule has 0 aliphatic heterocycles. The van der Waals surface area contributed by atoms with Crippen LogP contribution in [0.4, 0.5) is 5.69 Å². The van der Waals surface area contributed by atoms with E-state index in [0.717, 1.165) is 17.4 Å². The van der Waals surface area contributed by atoms with Crippen molar-refractivity contribution in [3.05, 3.63) is 64.2 Å². The van der Waals surface area contributed by atoms with Gasteiger partial charge in [0.2, 0.25) is 10.0 Å². The zero-order valence-electron chi connectivity index (χ0n) is 12.8. The van der Waals surface area contributed by atoms with Crippen molar-refractivity contribution in [2.24, 2.45) is 0 Å². The van der Waals surface area contributed by atoms with Crippen molar-refractivity contribution in [3.8, 4) is 0 Å². The molecule has 122 valence electrons. The van der Waals surface area contributed by atoms with Crippen LogP contribution in [-0.4, -0.2) is 20.6 Å². The fraction of sp³-hybridized carbons (Fsp3) is 0.188. The average molecular weight is 353 g/mol. The van der Waals surface area contributed by atoms with Crippen molar-refractivity contribution in [1.82, 2.24) is 5.32 Å². The molecule has 7 heteroatoms. The Morgan fingerprint density at radius 2 is 1.91 bits per heavy atom. The summed E-state index contributed by atoms with van der Waals surface area (Å²) in [5.41, 5.74) is 2.72. The van der Waals surface area contributed by atoms with E-state index >= 15 is 0 Å². The number of halogens is 1. The zero-order valence-corrected chi connectivity index (χ0v) is 14.3. The van der Waals surface area contributed by atoms with Gasteiger partial charge >= 0.3 is 0 Å². The summed E-state index contributed by atoms with van der Waals surface area (Å²) >= 11 is 6.01. The van der Waals surface area contributed by atoms with E-state index in [1.165, 1.54) is 18.2 Å². The highest BCUT2D eigenvalue weighted by molar-refractivity contribution is 7.92. The third-order valence-corrected chi connectivity index (χ3v) is 3.97. The van der Waals surface area contributed by atoms with Crippen LogP contribution in [0.2, 0.25) is 5.02 Å². The second-order valence-electron chi connectivity index (χ2n) is 5.24. The molecule has 0 heterocycles. The van der Waals surface area contributed by atoms with E-state index in [1.54, 1.807) is 0 Å². The van der Waals surface area contributed by atoms with Crippen molar-refractivity contribution >= 4 is 33.2 Å². The van der Waals surface area contributed by atoms with Gasteiger partial charge in [-0.15, -0.1) is 0 Å². The van der Waals surface area contributed by atoms with Crippen molar-refractivity contribution in [2.75, 3.05) is 11.0 Å². The Hall–Kier alpha value is -2.05. The Bertz CT molecular complexity index is 835. The number of hydrogen-bond donors (Lipinski definition) is 2. The number of hydrogen-bond acceptors (Lipinski definition) is 3. The van der Waals surface area contributed by atoms with E-state index in [-0.39, 0.29) is 16.6 Å². The largest absolute Gasteiger partial charge is 0.348 e. The summed E-state index contributed by atoms with van der Waals surface area (Å²) in [6.07, 6.45) is 1.03. The minimum atomic E-state index is -3.42. The van der Waals surface area contributed by atoms with Crippen LogP contribution >= 0.6 is 11.6 Å². The predicted octanol–water partition coefficient (Wildman–Crippen LogP) is 2.95. The third-order valence-electron chi connectivity index (χ3n) is 3.06. The second kappa shape index (κ2) is 7.02. The summed E-state index contributed by atoms with van der Waals surface area (Å²) in [6, 6.07) is 12.3. The number of aryl methyl sites for hydroxylation is 1. The first-order valence-electron chi connectivity index (χ1n) is 6.86. The Kier molecular flexibility index (Phi) is 5.28. The monoisotopic (exact) mass is 352 g/mol. The van der Waals surface area contributed by atoms with E-state index in [4.69, 9.17) is 11.6 Å². The lowest BCUT2D eigenvalue weighted by molar-refractivity contribution is 0.0951. The summed E-state index contributed by atoms with van der Waals surface area (Å²) in [5, 5.41) is 2.97. The molecule has 2 aromatic carbocycles. The predicted molar refractivity (Wildman–Crippen MR) is 92.3 cm³/mol. The Balaban J connectivity index is 2.06. The van der Waals surface area contributed by atoms with Crippen LogP contribution < -0.4 is 10.0 Å². The molecule has 2 N–H and O–H groups in total. The lowest BCUT2D eigenvalue weighted by Gasteiger charge is -2.09. The maximum absolute atomic E-state index is 12.1. The molecule has 0 radical (unpaired) electrons. The van der Waals surface area contributed by atoms with Gasteiger partial charge in [-0.2, -0.15) is 0 Å². The summed E-state index contributed by atoms with van der Waals surface area (Å²) in [5.74, 6) is -0.278. The topological polar surface area (TPSA) is 75.3 Å². The highest BCUT2D eigenvalue weighted by Crippen LogP contribution is 2.23. The van der Waals surface area contributed by atoms with Gasteiger partial charge in [0.15, 0.2) is 0 Å². The molecule has 0 unspecified atom stereocenters. The molecule has 0 saturated carbocycles. The van der Waals surface area contributed by atoms with Gasteiger partial charge in [-0.25, -0.2) is 8.42 Å². The molecule has 2 aromatic rings. The summed E-state index contributed by atoms with van der Waals surface area (Å²) in [4.78, 5) is 12.1. The van der Waals surface area contributed by atoms with Crippen LogP contribution in [0.5, 0.6) is 0 Å². The normalized spacial score (nSPS) is 11.1. The molecule has 0 aliphatic rings. The van der Waals surface area contributed by atoms with Crippen molar-refractivity contribution in [2.45, 2.75) is 13.5 Å². The number of sulfonamides is 1. The van der Waals surface area contributed by atoms with Crippen LogP contribution in [-0.2, 0) is 16.6 Å². The molecule has 0 aliphatic carbocycles. The van der Waals surface area contributed by atoms with Crippen molar-refractivity contribution < 1.29 is 13.2 Å². The molecule has 0 saturated heterocycles. The standard InChI is InChI=1S/C16H17ClN2O3S/c1-11-4-3-5-12(8-11)10-18-16(20)13-6-7-15(14(17)9-13)19-23(2,21)22/h3-9,19H,10H2,1-2H3,(H,18,20). The van der Waals surface area contributed by atoms with Crippen LogP contribution in [0.1, 0.15) is 21.5 Å². The average Bonchev–Trinajstić information content (AvgIpc) is 2.45. The molecular formula is C16H17ClN2O3S. The Morgan fingerprint density at radius 3 is 2.52 bits per heavy atom. The van der Waals surface area contributed by atoms with E-state index < -0.39 is 10.0 Å². The zero-order chi connectivity index (χ0) is 17.0. The smallest absolute Gasteiger partial charge is 0.251 e.